The fraction of sp³-hybridized carbons (Fsp3) is 0. The number of nitrogens with one attached hydrogen (secondary N) is 2. The first-order chi connectivity index (χ1) is 10.0. The van der Waals surface area contributed by atoms with Gasteiger partial charge in [-0.15, -0.1) is 0 Å². The first-order valence-corrected chi connectivity index (χ1v) is 7.09. The molecule has 2 N–H and O–H groups in total. The summed E-state index contributed by atoms with van der Waals surface area (Å²) in [5.41, 5.74) is 1.80. The number of hydrogen-bond acceptors (Lipinski definition) is 3. The number of aromatic amines is 1. The van der Waals surface area contributed by atoms with Crippen LogP contribution in [0.5, 0.6) is 0 Å². The molecule has 3 rings (SSSR count). The Labute approximate surface area is 132 Å². The average Bonchev–Trinajstić information content (AvgIpc) is 2.80. The van der Waals surface area contributed by atoms with Crippen molar-refractivity contribution in [3.63, 3.8) is 0 Å². The van der Waals surface area contributed by atoms with Gasteiger partial charge in [-0.05, 0) is 30.3 Å². The molecule has 0 unspecified atom stereocenters. The molecule has 0 atom stereocenters. The van der Waals surface area contributed by atoms with E-state index in [1.54, 1.807) is 36.4 Å². The number of oxazole rings is 1. The Morgan fingerprint density at radius 1 is 1.24 bits per heavy atom. The van der Waals surface area contributed by atoms with Crippen molar-refractivity contribution in [3.8, 4) is 0 Å². The van der Waals surface area contributed by atoms with Crippen LogP contribution in [-0.4, -0.2) is 10.9 Å². The maximum Gasteiger partial charge on any atom is 0.417 e. The van der Waals surface area contributed by atoms with Gasteiger partial charge < -0.3 is 9.73 Å². The molecule has 106 valence electrons. The molecule has 0 radical (unpaired) electrons. The van der Waals surface area contributed by atoms with Crippen molar-refractivity contribution in [2.75, 3.05) is 5.32 Å². The summed E-state index contributed by atoms with van der Waals surface area (Å²) in [4.78, 5) is 25.8. The fourth-order valence-corrected chi connectivity index (χ4v) is 2.46. The lowest BCUT2D eigenvalue weighted by molar-refractivity contribution is 0.102. The standard InChI is InChI=1S/C14H8BrClN2O3/c15-7-1-3-10(16)9(5-7)13(19)17-8-2-4-11-12(6-8)21-14(20)18-11/h1-6H,(H,17,19)(H,18,20). The van der Waals surface area contributed by atoms with Crippen LogP contribution in [0.4, 0.5) is 5.69 Å². The van der Waals surface area contributed by atoms with Gasteiger partial charge in [0.25, 0.3) is 5.91 Å². The van der Waals surface area contributed by atoms with Gasteiger partial charge in [-0.3, -0.25) is 9.78 Å². The Kier molecular flexibility index (Phi) is 3.57. The number of halogens is 2. The van der Waals surface area contributed by atoms with Crippen molar-refractivity contribution < 1.29 is 9.21 Å². The normalized spacial score (nSPS) is 10.8. The summed E-state index contributed by atoms with van der Waals surface area (Å²) in [6.45, 7) is 0. The molecule has 2 aromatic carbocycles. The van der Waals surface area contributed by atoms with Gasteiger partial charge in [-0.25, -0.2) is 4.79 Å². The maximum absolute atomic E-state index is 12.2. The number of hydrogen-bond donors (Lipinski definition) is 2. The number of amides is 1. The number of fused-ring (bicyclic) bond motifs is 1. The Hall–Kier alpha value is -2.05. The van der Waals surface area contributed by atoms with Gasteiger partial charge >= 0.3 is 5.76 Å². The lowest BCUT2D eigenvalue weighted by Gasteiger charge is -2.07. The molecule has 3 aromatic rings. The molecule has 0 aliphatic heterocycles. The minimum Gasteiger partial charge on any atom is -0.408 e. The fourth-order valence-electron chi connectivity index (χ4n) is 1.89. The van der Waals surface area contributed by atoms with E-state index in [1.165, 1.54) is 0 Å². The van der Waals surface area contributed by atoms with Gasteiger partial charge in [0, 0.05) is 16.2 Å². The molecular formula is C14H8BrClN2O3. The van der Waals surface area contributed by atoms with Crippen LogP contribution in [0.25, 0.3) is 11.1 Å². The summed E-state index contributed by atoms with van der Waals surface area (Å²) in [5, 5.41) is 3.06. The molecule has 0 bridgehead atoms. The van der Waals surface area contributed by atoms with E-state index in [2.05, 4.69) is 26.2 Å². The summed E-state index contributed by atoms with van der Waals surface area (Å²) in [7, 11) is 0. The van der Waals surface area contributed by atoms with E-state index in [-0.39, 0.29) is 5.91 Å². The maximum atomic E-state index is 12.2. The number of anilines is 1. The van der Waals surface area contributed by atoms with Crippen LogP contribution in [0, 0.1) is 0 Å². The first-order valence-electron chi connectivity index (χ1n) is 5.92. The highest BCUT2D eigenvalue weighted by Gasteiger charge is 2.12. The minimum atomic E-state index is -0.538. The van der Waals surface area contributed by atoms with Crippen molar-refractivity contribution in [1.82, 2.24) is 4.98 Å². The van der Waals surface area contributed by atoms with Gasteiger partial charge in [0.2, 0.25) is 0 Å². The predicted molar refractivity (Wildman–Crippen MR) is 83.9 cm³/mol. The molecule has 0 saturated heterocycles. The topological polar surface area (TPSA) is 75.1 Å². The van der Waals surface area contributed by atoms with E-state index in [0.717, 1.165) is 4.47 Å². The molecule has 7 heteroatoms. The van der Waals surface area contributed by atoms with E-state index in [4.69, 9.17) is 16.0 Å². The van der Waals surface area contributed by atoms with Crippen molar-refractivity contribution in [3.05, 3.63) is 62.0 Å². The largest absolute Gasteiger partial charge is 0.417 e. The highest BCUT2D eigenvalue weighted by molar-refractivity contribution is 9.10. The summed E-state index contributed by atoms with van der Waals surface area (Å²) in [6.07, 6.45) is 0. The first kappa shape index (κ1) is 13.9. The van der Waals surface area contributed by atoms with Crippen LogP contribution in [0.15, 0.2) is 50.1 Å². The molecular weight excluding hydrogens is 360 g/mol. The van der Waals surface area contributed by atoms with Crippen LogP contribution in [0.2, 0.25) is 5.02 Å². The van der Waals surface area contributed by atoms with Crippen molar-refractivity contribution in [1.29, 1.82) is 0 Å². The van der Waals surface area contributed by atoms with E-state index in [0.29, 0.717) is 27.4 Å². The van der Waals surface area contributed by atoms with Crippen molar-refractivity contribution in [2.45, 2.75) is 0 Å². The molecule has 1 amide bonds. The van der Waals surface area contributed by atoms with Gasteiger partial charge in [-0.1, -0.05) is 27.5 Å². The zero-order valence-electron chi connectivity index (χ0n) is 10.4. The summed E-state index contributed by atoms with van der Waals surface area (Å²) < 4.78 is 5.70. The van der Waals surface area contributed by atoms with Crippen LogP contribution < -0.4 is 11.1 Å². The van der Waals surface area contributed by atoms with Crippen molar-refractivity contribution in [2.24, 2.45) is 0 Å². The van der Waals surface area contributed by atoms with Gasteiger partial charge in [0.15, 0.2) is 5.58 Å². The number of carbonyl (C=O) groups is 1. The average molecular weight is 368 g/mol. The molecule has 0 aliphatic rings. The van der Waals surface area contributed by atoms with E-state index in [1.807, 2.05) is 0 Å². The second-order valence-corrected chi connectivity index (χ2v) is 5.63. The molecule has 1 heterocycles. The third-order valence-electron chi connectivity index (χ3n) is 2.85. The highest BCUT2D eigenvalue weighted by Crippen LogP contribution is 2.23. The van der Waals surface area contributed by atoms with E-state index >= 15 is 0 Å². The lowest BCUT2D eigenvalue weighted by atomic mass is 10.2. The Morgan fingerprint density at radius 3 is 2.86 bits per heavy atom. The van der Waals surface area contributed by atoms with Crippen LogP contribution in [0.1, 0.15) is 10.4 Å². The number of carbonyl (C=O) groups excluding carboxylic acids is 1. The number of H-pyrrole nitrogens is 1. The zero-order chi connectivity index (χ0) is 15.0. The smallest absolute Gasteiger partial charge is 0.408 e. The van der Waals surface area contributed by atoms with Gasteiger partial charge in [0.1, 0.15) is 0 Å². The second-order valence-electron chi connectivity index (χ2n) is 4.30. The number of aromatic nitrogens is 1. The summed E-state index contributed by atoms with van der Waals surface area (Å²) in [5.74, 6) is -0.887. The predicted octanol–water partition coefficient (Wildman–Crippen LogP) is 3.79. The molecule has 5 nitrogen and oxygen atoms in total. The second kappa shape index (κ2) is 5.38. The highest BCUT2D eigenvalue weighted by atomic mass is 79.9. The third kappa shape index (κ3) is 2.86. The molecule has 0 saturated carbocycles. The summed E-state index contributed by atoms with van der Waals surface area (Å²) in [6, 6.07) is 9.90. The minimum absolute atomic E-state index is 0.349. The Balaban J connectivity index is 1.92. The van der Waals surface area contributed by atoms with Crippen LogP contribution in [-0.2, 0) is 0 Å². The van der Waals surface area contributed by atoms with Gasteiger partial charge in [-0.2, -0.15) is 0 Å². The number of benzene rings is 2. The monoisotopic (exact) mass is 366 g/mol. The van der Waals surface area contributed by atoms with Crippen LogP contribution in [0.3, 0.4) is 0 Å². The zero-order valence-corrected chi connectivity index (χ0v) is 12.8. The molecule has 0 aliphatic carbocycles. The van der Waals surface area contributed by atoms with Gasteiger partial charge in [0.05, 0.1) is 16.1 Å². The third-order valence-corrected chi connectivity index (χ3v) is 3.67. The van der Waals surface area contributed by atoms with E-state index in [9.17, 15) is 9.59 Å². The Bertz CT molecular complexity index is 901. The Morgan fingerprint density at radius 2 is 2.05 bits per heavy atom. The molecule has 21 heavy (non-hydrogen) atoms. The molecule has 0 spiro atoms. The molecule has 1 aromatic heterocycles. The molecule has 0 fully saturated rings. The summed E-state index contributed by atoms with van der Waals surface area (Å²) >= 11 is 9.30. The quantitative estimate of drug-likeness (QED) is 0.723. The van der Waals surface area contributed by atoms with E-state index < -0.39 is 5.76 Å². The van der Waals surface area contributed by atoms with Crippen LogP contribution >= 0.6 is 27.5 Å². The SMILES string of the molecule is O=C(Nc1ccc2[nH]c(=O)oc2c1)c1cc(Br)ccc1Cl. The number of rotatable bonds is 2. The van der Waals surface area contributed by atoms with Crippen molar-refractivity contribution >= 4 is 50.2 Å². The lowest BCUT2D eigenvalue weighted by Crippen LogP contribution is -2.12.